The number of fused-ring (bicyclic) bond motifs is 6. The highest BCUT2D eigenvalue weighted by molar-refractivity contribution is 6.26. The molecule has 4 heterocycles. The number of aromatic nitrogens is 1. The van der Waals surface area contributed by atoms with Crippen LogP contribution in [0.25, 0.3) is 10.9 Å². The van der Waals surface area contributed by atoms with E-state index in [9.17, 15) is 24.9 Å². The molecule has 3 aliphatic heterocycles. The van der Waals surface area contributed by atoms with Gasteiger partial charge in [0.15, 0.2) is 11.3 Å². The van der Waals surface area contributed by atoms with Crippen LogP contribution in [-0.4, -0.2) is 62.5 Å². The molecule has 152 valence electrons. The molecule has 0 saturated carbocycles. The number of aliphatic hydroxyl groups is 3. The summed E-state index contributed by atoms with van der Waals surface area (Å²) in [7, 11) is 0. The van der Waals surface area contributed by atoms with Crippen LogP contribution in [0.3, 0.4) is 0 Å². The Bertz CT molecular complexity index is 1240. The van der Waals surface area contributed by atoms with E-state index in [2.05, 4.69) is 4.98 Å². The van der Waals surface area contributed by atoms with Crippen LogP contribution in [0.1, 0.15) is 15.9 Å². The van der Waals surface area contributed by atoms with Crippen molar-refractivity contribution in [2.75, 3.05) is 11.5 Å². The van der Waals surface area contributed by atoms with Crippen molar-refractivity contribution in [1.82, 2.24) is 4.98 Å². The summed E-state index contributed by atoms with van der Waals surface area (Å²) < 4.78 is 5.86. The molecule has 2 fully saturated rings. The summed E-state index contributed by atoms with van der Waals surface area (Å²) >= 11 is 0. The van der Waals surface area contributed by atoms with Gasteiger partial charge in [0.2, 0.25) is 5.60 Å². The third kappa shape index (κ3) is 1.69. The molecule has 2 saturated heterocycles. The van der Waals surface area contributed by atoms with Crippen LogP contribution in [0.15, 0.2) is 54.7 Å². The number of H-pyrrole nitrogens is 1. The van der Waals surface area contributed by atoms with Crippen LogP contribution >= 0.6 is 0 Å². The number of carbonyl (C=O) groups excluding carboxylic acids is 2. The van der Waals surface area contributed by atoms with Gasteiger partial charge in [-0.25, -0.2) is 0 Å². The summed E-state index contributed by atoms with van der Waals surface area (Å²) in [5.74, 6) is -1.22. The van der Waals surface area contributed by atoms with Crippen molar-refractivity contribution < 1.29 is 29.6 Å². The fraction of sp³-hybridized carbons (Fsp3) is 0.273. The van der Waals surface area contributed by atoms with Crippen molar-refractivity contribution in [3.8, 4) is 0 Å². The number of benzene rings is 2. The Hall–Kier alpha value is -3.04. The first-order chi connectivity index (χ1) is 14.5. The number of Topliss-reactive ketones (excluding diaryl/α,β-unsaturated/α-hetero) is 1. The van der Waals surface area contributed by atoms with Gasteiger partial charge in [-0.3, -0.25) is 14.5 Å². The lowest BCUT2D eigenvalue weighted by atomic mass is 9.76. The molecule has 0 unspecified atom stereocenters. The maximum absolute atomic E-state index is 13.9. The average Bonchev–Trinajstić information content (AvgIpc) is 3.43. The lowest BCUT2D eigenvalue weighted by Gasteiger charge is -2.34. The Kier molecular flexibility index (Phi) is 3.29. The minimum atomic E-state index is -2.37. The van der Waals surface area contributed by atoms with Crippen molar-refractivity contribution in [3.63, 3.8) is 0 Å². The summed E-state index contributed by atoms with van der Waals surface area (Å²) in [5.41, 5.74) is -2.15. The highest BCUT2D eigenvalue weighted by Gasteiger charge is 2.80. The molecular formula is C22H18N2O6. The maximum atomic E-state index is 13.9. The number of hydrogen-bond donors (Lipinski definition) is 4. The van der Waals surface area contributed by atoms with E-state index in [1.807, 2.05) is 24.3 Å². The van der Waals surface area contributed by atoms with Crippen molar-refractivity contribution in [1.29, 1.82) is 0 Å². The monoisotopic (exact) mass is 406 g/mol. The molecule has 30 heavy (non-hydrogen) atoms. The van der Waals surface area contributed by atoms with Gasteiger partial charge in [-0.2, -0.15) is 0 Å². The van der Waals surface area contributed by atoms with Crippen LogP contribution in [-0.2, 0) is 15.1 Å². The number of ether oxygens (including phenoxy) is 1. The predicted octanol–water partition coefficient (Wildman–Crippen LogP) is 0.458. The largest absolute Gasteiger partial charge is 0.394 e. The number of aromatic amines is 1. The van der Waals surface area contributed by atoms with E-state index in [1.165, 1.54) is 4.90 Å². The Morgan fingerprint density at radius 1 is 1.10 bits per heavy atom. The smallest absolute Gasteiger partial charge is 0.265 e. The minimum Gasteiger partial charge on any atom is -0.394 e. The fourth-order valence-corrected chi connectivity index (χ4v) is 5.40. The standard InChI is InChI=1S/C22H18N2O6/c25-10-16-18(27)22(29)19(30-16)21(13-9-23-14-7-3-1-5-11(13)14)17(26)12-6-2-4-8-15(12)24(21)20(22)28/h1-9,16,18-19,23,25,27,29H,10H2/t16-,18-,19+,21-,22-/m1/s1. The topological polar surface area (TPSA) is 123 Å². The first-order valence-electron chi connectivity index (χ1n) is 9.69. The highest BCUT2D eigenvalue weighted by Crippen LogP contribution is 2.59. The fourth-order valence-electron chi connectivity index (χ4n) is 5.40. The second-order valence-corrected chi connectivity index (χ2v) is 8.01. The molecule has 0 bridgehead atoms. The predicted molar refractivity (Wildman–Crippen MR) is 105 cm³/mol. The van der Waals surface area contributed by atoms with Crippen molar-refractivity contribution >= 4 is 28.3 Å². The Morgan fingerprint density at radius 2 is 1.83 bits per heavy atom. The number of carbonyl (C=O) groups is 2. The summed E-state index contributed by atoms with van der Waals surface area (Å²) in [6.07, 6.45) is -2.62. The molecule has 2 aromatic carbocycles. The lowest BCUT2D eigenvalue weighted by molar-refractivity contribution is -0.144. The third-order valence-corrected chi connectivity index (χ3v) is 6.71. The van der Waals surface area contributed by atoms with Gasteiger partial charge < -0.3 is 25.0 Å². The lowest BCUT2D eigenvalue weighted by Crippen LogP contribution is -2.54. The molecule has 8 nitrogen and oxygen atoms in total. The molecule has 0 spiro atoms. The zero-order valence-electron chi connectivity index (χ0n) is 15.6. The number of aliphatic hydroxyl groups excluding tert-OH is 2. The maximum Gasteiger partial charge on any atom is 0.265 e. The number of nitrogens with one attached hydrogen (secondary N) is 1. The first-order valence-corrected chi connectivity index (χ1v) is 9.69. The molecule has 1 amide bonds. The summed E-state index contributed by atoms with van der Waals surface area (Å²) in [5, 5.41) is 32.5. The second kappa shape index (κ2) is 5.55. The molecule has 0 aliphatic carbocycles. The van der Waals surface area contributed by atoms with Crippen molar-refractivity contribution in [2.45, 2.75) is 29.5 Å². The number of ketones is 1. The number of rotatable bonds is 2. The minimum absolute atomic E-state index is 0.337. The van der Waals surface area contributed by atoms with E-state index in [1.54, 1.807) is 30.5 Å². The van der Waals surface area contributed by atoms with Crippen molar-refractivity contribution in [2.24, 2.45) is 0 Å². The average molecular weight is 406 g/mol. The Morgan fingerprint density at radius 3 is 2.63 bits per heavy atom. The van der Waals surface area contributed by atoms with E-state index in [-0.39, 0.29) is 0 Å². The van der Waals surface area contributed by atoms with Gasteiger partial charge in [-0.1, -0.05) is 30.3 Å². The zero-order valence-corrected chi connectivity index (χ0v) is 15.6. The molecule has 6 rings (SSSR count). The number of amides is 1. The SMILES string of the molecule is O=C1N2c3ccccc3C(=O)[C@]2(c2c[nH]c3ccccc23)[C@@H]2O[C@H](CO)[C@@H](O)[C@]12O. The van der Waals surface area contributed by atoms with E-state index in [4.69, 9.17) is 4.74 Å². The third-order valence-electron chi connectivity index (χ3n) is 6.71. The van der Waals surface area contributed by atoms with Crippen LogP contribution in [0.5, 0.6) is 0 Å². The summed E-state index contributed by atoms with van der Waals surface area (Å²) in [6, 6.07) is 14.0. The Labute approximate surface area is 170 Å². The summed E-state index contributed by atoms with van der Waals surface area (Å²) in [6.45, 7) is -0.599. The van der Waals surface area contributed by atoms with E-state index in [0.717, 1.165) is 5.52 Å². The molecule has 5 atom stereocenters. The van der Waals surface area contributed by atoms with Gasteiger partial charge in [0, 0.05) is 28.2 Å². The normalized spacial score (nSPS) is 34.5. The van der Waals surface area contributed by atoms with Gasteiger partial charge in [-0.05, 0) is 18.2 Å². The Balaban J connectivity index is 1.71. The van der Waals surface area contributed by atoms with E-state index < -0.39 is 47.7 Å². The van der Waals surface area contributed by atoms with Gasteiger partial charge in [0.05, 0.1) is 12.3 Å². The van der Waals surface area contributed by atoms with E-state index >= 15 is 0 Å². The number of para-hydroxylation sites is 2. The van der Waals surface area contributed by atoms with Gasteiger partial charge in [0.25, 0.3) is 5.91 Å². The number of hydrogen-bond acceptors (Lipinski definition) is 6. The number of nitrogens with zero attached hydrogens (tertiary/aromatic N) is 1. The molecule has 4 N–H and O–H groups in total. The zero-order chi connectivity index (χ0) is 20.8. The quantitative estimate of drug-likeness (QED) is 0.490. The molecule has 1 aromatic heterocycles. The highest BCUT2D eigenvalue weighted by atomic mass is 16.6. The molecular weight excluding hydrogens is 388 g/mol. The van der Waals surface area contributed by atoms with Gasteiger partial charge >= 0.3 is 0 Å². The second-order valence-electron chi connectivity index (χ2n) is 8.01. The molecule has 0 radical (unpaired) electrons. The number of anilines is 1. The van der Waals surface area contributed by atoms with Crippen molar-refractivity contribution in [3.05, 3.63) is 65.9 Å². The van der Waals surface area contributed by atoms with Gasteiger partial charge in [0.1, 0.15) is 18.3 Å². The molecule has 3 aromatic rings. The van der Waals surface area contributed by atoms with Gasteiger partial charge in [-0.15, -0.1) is 0 Å². The van der Waals surface area contributed by atoms with Crippen LogP contribution in [0.2, 0.25) is 0 Å². The summed E-state index contributed by atoms with van der Waals surface area (Å²) in [4.78, 5) is 31.9. The molecule has 3 aliphatic rings. The van der Waals surface area contributed by atoms with Crippen LogP contribution in [0, 0.1) is 0 Å². The molecule has 8 heteroatoms. The van der Waals surface area contributed by atoms with E-state index in [0.29, 0.717) is 22.2 Å². The van der Waals surface area contributed by atoms with Crippen LogP contribution < -0.4 is 4.90 Å². The van der Waals surface area contributed by atoms with Crippen LogP contribution in [0.4, 0.5) is 5.69 Å². The first kappa shape index (κ1) is 17.8.